The lowest BCUT2D eigenvalue weighted by atomic mass is 10.1. The van der Waals surface area contributed by atoms with E-state index in [-0.39, 0.29) is 18.0 Å². The van der Waals surface area contributed by atoms with E-state index in [2.05, 4.69) is 15.2 Å². The molecule has 0 atom stereocenters. The first-order valence-corrected chi connectivity index (χ1v) is 11.5. The first-order chi connectivity index (χ1) is 14.9. The highest BCUT2D eigenvalue weighted by molar-refractivity contribution is 7.22. The van der Waals surface area contributed by atoms with Gasteiger partial charge in [0.2, 0.25) is 5.91 Å². The average Bonchev–Trinajstić information content (AvgIpc) is 3.41. The molecule has 0 aliphatic carbocycles. The number of carbonyl (C=O) groups is 1. The maximum absolute atomic E-state index is 13.1. The highest BCUT2D eigenvalue weighted by atomic mass is 32.1. The van der Waals surface area contributed by atoms with Gasteiger partial charge in [-0.3, -0.25) is 18.7 Å². The number of benzene rings is 1. The van der Waals surface area contributed by atoms with E-state index >= 15 is 0 Å². The smallest absolute Gasteiger partial charge is 0.333 e. The molecule has 0 radical (unpaired) electrons. The number of hydrogen-bond donors (Lipinski definition) is 1. The summed E-state index contributed by atoms with van der Waals surface area (Å²) in [5.74, 6) is -0.321. The van der Waals surface area contributed by atoms with E-state index in [9.17, 15) is 14.4 Å². The first-order valence-electron chi connectivity index (χ1n) is 10.7. The van der Waals surface area contributed by atoms with Crippen molar-refractivity contribution in [2.24, 2.45) is 0 Å². The van der Waals surface area contributed by atoms with Crippen molar-refractivity contribution in [3.63, 3.8) is 0 Å². The Balaban J connectivity index is 1.77. The summed E-state index contributed by atoms with van der Waals surface area (Å²) in [6.07, 6.45) is 2.81. The summed E-state index contributed by atoms with van der Waals surface area (Å²) in [4.78, 5) is 45.8. The predicted molar refractivity (Wildman–Crippen MR) is 124 cm³/mol. The van der Waals surface area contributed by atoms with Gasteiger partial charge < -0.3 is 10.2 Å². The molecule has 1 saturated heterocycles. The van der Waals surface area contributed by atoms with Gasteiger partial charge in [-0.05, 0) is 44.2 Å². The van der Waals surface area contributed by atoms with Gasteiger partial charge in [0.25, 0.3) is 5.56 Å². The SMILES string of the molecule is CCCn1c(=O)c2sc(N3CCCC3)nc2n(CC(=O)Nc2c(C)cccc2C)c1=O. The largest absolute Gasteiger partial charge is 0.348 e. The molecule has 0 unspecified atom stereocenters. The summed E-state index contributed by atoms with van der Waals surface area (Å²) in [5.41, 5.74) is 2.13. The summed E-state index contributed by atoms with van der Waals surface area (Å²) in [6.45, 7) is 7.66. The maximum atomic E-state index is 13.1. The van der Waals surface area contributed by atoms with E-state index in [1.807, 2.05) is 39.0 Å². The zero-order valence-corrected chi connectivity index (χ0v) is 18.9. The third-order valence-corrected chi connectivity index (χ3v) is 6.72. The van der Waals surface area contributed by atoms with Crippen molar-refractivity contribution in [2.75, 3.05) is 23.3 Å². The fourth-order valence-corrected chi connectivity index (χ4v) is 5.08. The lowest BCUT2D eigenvalue weighted by Crippen LogP contribution is -2.41. The van der Waals surface area contributed by atoms with E-state index in [4.69, 9.17) is 0 Å². The molecule has 9 heteroatoms. The molecular weight excluding hydrogens is 414 g/mol. The lowest BCUT2D eigenvalue weighted by molar-refractivity contribution is -0.116. The standard InChI is InChI=1S/C22H27N5O3S/c1-4-10-26-20(29)18-19(24-21(31-18)25-11-5-6-12-25)27(22(26)30)13-16(28)23-17-14(2)8-7-9-15(17)3/h7-9H,4-6,10-13H2,1-3H3,(H,23,28). The zero-order valence-electron chi connectivity index (χ0n) is 18.1. The molecule has 1 amide bonds. The molecule has 3 heterocycles. The number of carbonyl (C=O) groups excluding carboxylic acids is 1. The summed E-state index contributed by atoms with van der Waals surface area (Å²) < 4.78 is 2.99. The normalized spacial score (nSPS) is 13.8. The maximum Gasteiger partial charge on any atom is 0.333 e. The van der Waals surface area contributed by atoms with Crippen LogP contribution in [0.25, 0.3) is 10.3 Å². The third kappa shape index (κ3) is 4.01. The van der Waals surface area contributed by atoms with Crippen LogP contribution in [0.3, 0.4) is 0 Å². The summed E-state index contributed by atoms with van der Waals surface area (Å²) in [5, 5.41) is 3.66. The van der Waals surface area contributed by atoms with E-state index in [1.54, 1.807) is 0 Å². The number of para-hydroxylation sites is 1. The molecule has 1 fully saturated rings. The van der Waals surface area contributed by atoms with Crippen LogP contribution in [0, 0.1) is 13.8 Å². The fourth-order valence-electron chi connectivity index (χ4n) is 4.01. The number of amides is 1. The van der Waals surface area contributed by atoms with Crippen LogP contribution in [0.15, 0.2) is 27.8 Å². The molecule has 3 aromatic rings. The van der Waals surface area contributed by atoms with Crippen molar-refractivity contribution >= 4 is 38.4 Å². The van der Waals surface area contributed by atoms with Crippen LogP contribution in [0.4, 0.5) is 10.8 Å². The number of anilines is 2. The second-order valence-corrected chi connectivity index (χ2v) is 8.96. The van der Waals surface area contributed by atoms with Crippen molar-refractivity contribution in [3.8, 4) is 0 Å². The van der Waals surface area contributed by atoms with E-state index in [0.29, 0.717) is 23.3 Å². The molecule has 2 aromatic heterocycles. The lowest BCUT2D eigenvalue weighted by Gasteiger charge is -2.14. The zero-order chi connectivity index (χ0) is 22.1. The van der Waals surface area contributed by atoms with Crippen LogP contribution in [0.5, 0.6) is 0 Å². The topological polar surface area (TPSA) is 89.2 Å². The molecule has 0 spiro atoms. The van der Waals surface area contributed by atoms with Crippen molar-refractivity contribution in [1.82, 2.24) is 14.1 Å². The number of nitrogens with zero attached hydrogens (tertiary/aromatic N) is 4. The van der Waals surface area contributed by atoms with Gasteiger partial charge in [-0.15, -0.1) is 0 Å². The molecule has 0 bridgehead atoms. The van der Waals surface area contributed by atoms with Gasteiger partial charge in [-0.25, -0.2) is 9.78 Å². The highest BCUT2D eigenvalue weighted by Gasteiger charge is 2.23. The Labute approximate surface area is 184 Å². The molecule has 31 heavy (non-hydrogen) atoms. The number of aromatic nitrogens is 3. The molecule has 8 nitrogen and oxygen atoms in total. The quantitative estimate of drug-likeness (QED) is 0.635. The molecule has 164 valence electrons. The van der Waals surface area contributed by atoms with Gasteiger partial charge in [-0.1, -0.05) is 36.5 Å². The van der Waals surface area contributed by atoms with E-state index in [1.165, 1.54) is 20.5 Å². The van der Waals surface area contributed by atoms with Crippen molar-refractivity contribution in [2.45, 2.75) is 53.1 Å². The second kappa shape index (κ2) is 8.66. The van der Waals surface area contributed by atoms with Crippen LogP contribution >= 0.6 is 11.3 Å². The Morgan fingerprint density at radius 2 is 1.81 bits per heavy atom. The van der Waals surface area contributed by atoms with Crippen molar-refractivity contribution in [1.29, 1.82) is 0 Å². The van der Waals surface area contributed by atoms with Gasteiger partial charge in [-0.2, -0.15) is 0 Å². The minimum Gasteiger partial charge on any atom is -0.348 e. The second-order valence-electron chi connectivity index (χ2n) is 7.98. The first kappa shape index (κ1) is 21.3. The molecule has 4 rings (SSSR count). The number of thiazole rings is 1. The van der Waals surface area contributed by atoms with Crippen LogP contribution in [-0.2, 0) is 17.9 Å². The van der Waals surface area contributed by atoms with Gasteiger partial charge in [0, 0.05) is 25.3 Å². The average molecular weight is 442 g/mol. The van der Waals surface area contributed by atoms with E-state index < -0.39 is 5.69 Å². The fraction of sp³-hybridized carbons (Fsp3) is 0.455. The molecule has 1 N–H and O–H groups in total. The highest BCUT2D eigenvalue weighted by Crippen LogP contribution is 2.28. The Morgan fingerprint density at radius 3 is 2.45 bits per heavy atom. The predicted octanol–water partition coefficient (Wildman–Crippen LogP) is 2.89. The molecule has 1 aliphatic heterocycles. The molecule has 0 saturated carbocycles. The summed E-state index contributed by atoms with van der Waals surface area (Å²) in [6, 6.07) is 5.79. The van der Waals surface area contributed by atoms with Gasteiger partial charge >= 0.3 is 5.69 Å². The minimum atomic E-state index is -0.491. The van der Waals surface area contributed by atoms with Crippen LogP contribution < -0.4 is 21.5 Å². The number of aryl methyl sites for hydroxylation is 2. The monoisotopic (exact) mass is 441 g/mol. The van der Waals surface area contributed by atoms with Crippen LogP contribution in [0.2, 0.25) is 0 Å². The Kier molecular flexibility index (Phi) is 5.95. The van der Waals surface area contributed by atoms with Crippen molar-refractivity contribution < 1.29 is 4.79 Å². The van der Waals surface area contributed by atoms with Crippen LogP contribution in [-0.4, -0.2) is 33.1 Å². The number of nitrogens with one attached hydrogen (secondary N) is 1. The molecular formula is C22H27N5O3S. The number of rotatable bonds is 6. The number of fused-ring (bicyclic) bond motifs is 1. The Morgan fingerprint density at radius 1 is 1.13 bits per heavy atom. The van der Waals surface area contributed by atoms with Crippen LogP contribution in [0.1, 0.15) is 37.3 Å². The minimum absolute atomic E-state index is 0.198. The third-order valence-electron chi connectivity index (χ3n) is 5.63. The summed E-state index contributed by atoms with van der Waals surface area (Å²) in [7, 11) is 0. The molecule has 1 aromatic carbocycles. The number of hydrogen-bond acceptors (Lipinski definition) is 6. The Bertz CT molecular complexity index is 1230. The van der Waals surface area contributed by atoms with E-state index in [0.717, 1.165) is 47.9 Å². The van der Waals surface area contributed by atoms with Crippen molar-refractivity contribution in [3.05, 3.63) is 50.2 Å². The molecule has 1 aliphatic rings. The van der Waals surface area contributed by atoms with Gasteiger partial charge in [0.05, 0.1) is 0 Å². The van der Waals surface area contributed by atoms with Gasteiger partial charge in [0.1, 0.15) is 11.2 Å². The van der Waals surface area contributed by atoms with Gasteiger partial charge in [0.15, 0.2) is 10.8 Å². The summed E-state index contributed by atoms with van der Waals surface area (Å²) >= 11 is 1.31. The Hall–Kier alpha value is -2.94.